The Morgan fingerprint density at radius 3 is 2.79 bits per heavy atom. The second-order valence-electron chi connectivity index (χ2n) is 5.69. The van der Waals surface area contributed by atoms with Crippen molar-refractivity contribution >= 4 is 27.3 Å². The summed E-state index contributed by atoms with van der Waals surface area (Å²) in [4.78, 5) is 14.0. The predicted octanol–water partition coefficient (Wildman–Crippen LogP) is 2.02. The van der Waals surface area contributed by atoms with E-state index < -0.39 is 9.84 Å². The first-order valence-electron chi connectivity index (χ1n) is 7.68. The summed E-state index contributed by atoms with van der Waals surface area (Å²) in [5.41, 5.74) is 0.405. The summed E-state index contributed by atoms with van der Waals surface area (Å²) in [5, 5.41) is 9.06. The summed E-state index contributed by atoms with van der Waals surface area (Å²) in [6.45, 7) is 2.20. The van der Waals surface area contributed by atoms with Crippen molar-refractivity contribution in [3.05, 3.63) is 28.8 Å². The van der Waals surface area contributed by atoms with E-state index in [-0.39, 0.29) is 35.1 Å². The van der Waals surface area contributed by atoms with Crippen LogP contribution in [0.1, 0.15) is 25.3 Å². The molecule has 1 saturated heterocycles. The molecule has 6 nitrogen and oxygen atoms in total. The van der Waals surface area contributed by atoms with Gasteiger partial charge in [0.25, 0.3) is 5.91 Å². The summed E-state index contributed by atoms with van der Waals surface area (Å²) in [5.74, 6) is 0.183. The molecule has 0 aromatic heterocycles. The zero-order valence-electron chi connectivity index (χ0n) is 13.4. The predicted molar refractivity (Wildman–Crippen MR) is 90.7 cm³/mol. The van der Waals surface area contributed by atoms with Gasteiger partial charge >= 0.3 is 0 Å². The number of nitrogens with zero attached hydrogens (tertiary/aromatic N) is 2. The molecule has 0 aliphatic carbocycles. The SMILES string of the molecule is CCCN(C(=O)COc1ccc(C#N)cc1Cl)[C@H]1CCS(=O)(=O)C1. The normalized spacial score (nSPS) is 18.8. The van der Waals surface area contributed by atoms with Gasteiger partial charge in [-0.25, -0.2) is 8.42 Å². The van der Waals surface area contributed by atoms with Gasteiger partial charge in [-0.15, -0.1) is 0 Å². The van der Waals surface area contributed by atoms with E-state index in [2.05, 4.69) is 0 Å². The zero-order chi connectivity index (χ0) is 17.7. The Hall–Kier alpha value is -1.78. The van der Waals surface area contributed by atoms with Crippen molar-refractivity contribution in [1.82, 2.24) is 4.90 Å². The lowest BCUT2D eigenvalue weighted by Crippen LogP contribution is -2.44. The molecule has 0 saturated carbocycles. The molecule has 130 valence electrons. The molecule has 1 aliphatic heterocycles. The minimum absolute atomic E-state index is 0.0103. The van der Waals surface area contributed by atoms with Crippen LogP contribution in [0.5, 0.6) is 5.75 Å². The Morgan fingerprint density at radius 1 is 1.50 bits per heavy atom. The number of nitriles is 1. The number of hydrogen-bond donors (Lipinski definition) is 0. The molecule has 8 heteroatoms. The summed E-state index contributed by atoms with van der Waals surface area (Å²) < 4.78 is 28.7. The number of rotatable bonds is 6. The molecule has 0 N–H and O–H groups in total. The number of carbonyl (C=O) groups is 1. The van der Waals surface area contributed by atoms with E-state index >= 15 is 0 Å². The molecule has 0 spiro atoms. The standard InChI is InChI=1S/C16H19ClN2O4S/c1-2-6-19(13-5-7-24(21,22)11-13)16(20)10-23-15-4-3-12(9-18)8-14(15)17/h3-4,8,13H,2,5-7,10-11H2,1H3/t13-/m0/s1. The fraction of sp³-hybridized carbons (Fsp3) is 0.500. The van der Waals surface area contributed by atoms with Crippen LogP contribution in [-0.4, -0.2) is 49.9 Å². The molecule has 0 bridgehead atoms. The van der Waals surface area contributed by atoms with Gasteiger partial charge in [0.15, 0.2) is 16.4 Å². The van der Waals surface area contributed by atoms with Crippen molar-refractivity contribution in [2.24, 2.45) is 0 Å². The maximum absolute atomic E-state index is 12.4. The van der Waals surface area contributed by atoms with Crippen LogP contribution in [0, 0.1) is 11.3 Å². The lowest BCUT2D eigenvalue weighted by molar-refractivity contribution is -0.135. The Labute approximate surface area is 146 Å². The third kappa shape index (κ3) is 4.62. The van der Waals surface area contributed by atoms with Crippen molar-refractivity contribution in [2.75, 3.05) is 24.7 Å². The molecule has 1 fully saturated rings. The van der Waals surface area contributed by atoms with E-state index in [9.17, 15) is 13.2 Å². The van der Waals surface area contributed by atoms with Crippen LogP contribution >= 0.6 is 11.6 Å². The molecule has 1 aliphatic rings. The van der Waals surface area contributed by atoms with Gasteiger partial charge in [-0.1, -0.05) is 18.5 Å². The van der Waals surface area contributed by atoms with E-state index in [1.165, 1.54) is 6.07 Å². The first-order valence-corrected chi connectivity index (χ1v) is 9.88. The van der Waals surface area contributed by atoms with Crippen LogP contribution in [0.4, 0.5) is 0 Å². The van der Waals surface area contributed by atoms with Crippen molar-refractivity contribution in [3.63, 3.8) is 0 Å². The Kier molecular flexibility index (Phi) is 6.08. The Bertz CT molecular complexity index is 758. The summed E-state index contributed by atoms with van der Waals surface area (Å²) >= 11 is 6.02. The highest BCUT2D eigenvalue weighted by Crippen LogP contribution is 2.25. The van der Waals surface area contributed by atoms with E-state index in [4.69, 9.17) is 21.6 Å². The highest BCUT2D eigenvalue weighted by molar-refractivity contribution is 7.91. The molecule has 2 rings (SSSR count). The van der Waals surface area contributed by atoms with E-state index in [0.29, 0.717) is 24.3 Å². The maximum Gasteiger partial charge on any atom is 0.260 e. The second-order valence-corrected chi connectivity index (χ2v) is 8.33. The lowest BCUT2D eigenvalue weighted by Gasteiger charge is -2.28. The molecule has 0 radical (unpaired) electrons. The van der Waals surface area contributed by atoms with Crippen LogP contribution in [0.3, 0.4) is 0 Å². The fourth-order valence-electron chi connectivity index (χ4n) is 2.68. The average Bonchev–Trinajstić information content (AvgIpc) is 2.90. The van der Waals surface area contributed by atoms with Gasteiger partial charge in [-0.05, 0) is 31.0 Å². The largest absolute Gasteiger partial charge is 0.482 e. The molecular formula is C16H19ClN2O4S. The number of ether oxygens (including phenoxy) is 1. The van der Waals surface area contributed by atoms with Crippen LogP contribution in [-0.2, 0) is 14.6 Å². The quantitative estimate of drug-likeness (QED) is 0.764. The van der Waals surface area contributed by atoms with Gasteiger partial charge in [0.05, 0.1) is 28.2 Å². The highest BCUT2D eigenvalue weighted by Gasteiger charge is 2.34. The fourth-order valence-corrected chi connectivity index (χ4v) is 4.65. The number of halogens is 1. The van der Waals surface area contributed by atoms with Crippen LogP contribution in [0.15, 0.2) is 18.2 Å². The molecule has 1 aromatic rings. The number of carbonyl (C=O) groups excluding carboxylic acids is 1. The molecule has 24 heavy (non-hydrogen) atoms. The summed E-state index contributed by atoms with van der Waals surface area (Å²) in [6.07, 6.45) is 1.20. The first kappa shape index (κ1) is 18.6. The minimum Gasteiger partial charge on any atom is -0.482 e. The molecule has 1 heterocycles. The van der Waals surface area contributed by atoms with Crippen molar-refractivity contribution in [1.29, 1.82) is 5.26 Å². The molecule has 1 atom stereocenters. The van der Waals surface area contributed by atoms with Crippen molar-refractivity contribution in [2.45, 2.75) is 25.8 Å². The monoisotopic (exact) mass is 370 g/mol. The van der Waals surface area contributed by atoms with Gasteiger partial charge in [-0.2, -0.15) is 5.26 Å². The topological polar surface area (TPSA) is 87.5 Å². The number of benzene rings is 1. The van der Waals surface area contributed by atoms with E-state index in [1.54, 1.807) is 17.0 Å². The maximum atomic E-state index is 12.4. The summed E-state index contributed by atoms with van der Waals surface area (Å²) in [7, 11) is -3.06. The van der Waals surface area contributed by atoms with Gasteiger partial charge in [0.1, 0.15) is 5.75 Å². The van der Waals surface area contributed by atoms with Gasteiger partial charge < -0.3 is 9.64 Å². The number of hydrogen-bond acceptors (Lipinski definition) is 5. The van der Waals surface area contributed by atoms with E-state index in [0.717, 1.165) is 6.42 Å². The highest BCUT2D eigenvalue weighted by atomic mass is 35.5. The Morgan fingerprint density at radius 2 is 2.25 bits per heavy atom. The van der Waals surface area contributed by atoms with Crippen LogP contribution in [0.25, 0.3) is 0 Å². The summed E-state index contributed by atoms with van der Waals surface area (Å²) in [6, 6.07) is 6.24. The second kappa shape index (κ2) is 7.86. The van der Waals surface area contributed by atoms with Gasteiger partial charge in [0.2, 0.25) is 0 Å². The third-order valence-electron chi connectivity index (χ3n) is 3.85. The smallest absolute Gasteiger partial charge is 0.260 e. The molecule has 0 unspecified atom stereocenters. The third-order valence-corrected chi connectivity index (χ3v) is 5.89. The minimum atomic E-state index is -3.06. The van der Waals surface area contributed by atoms with E-state index in [1.807, 2.05) is 13.0 Å². The Balaban J connectivity index is 2.02. The van der Waals surface area contributed by atoms with Crippen molar-refractivity contribution < 1.29 is 17.9 Å². The molecular weight excluding hydrogens is 352 g/mol. The number of sulfone groups is 1. The lowest BCUT2D eigenvalue weighted by atomic mass is 10.2. The van der Waals surface area contributed by atoms with Crippen molar-refractivity contribution in [3.8, 4) is 11.8 Å². The molecule has 1 aromatic carbocycles. The van der Waals surface area contributed by atoms with Gasteiger partial charge in [0, 0.05) is 12.6 Å². The zero-order valence-corrected chi connectivity index (χ0v) is 14.9. The van der Waals surface area contributed by atoms with Crippen LogP contribution in [0.2, 0.25) is 5.02 Å². The van der Waals surface area contributed by atoms with Gasteiger partial charge in [-0.3, -0.25) is 4.79 Å². The first-order chi connectivity index (χ1) is 11.4. The average molecular weight is 371 g/mol. The van der Waals surface area contributed by atoms with Crippen LogP contribution < -0.4 is 4.74 Å². The molecule has 1 amide bonds. The number of amides is 1.